The maximum Gasteiger partial charge on any atom is 0.190 e. The Bertz CT molecular complexity index is 786. The van der Waals surface area contributed by atoms with Gasteiger partial charge >= 0.3 is 0 Å². The molecule has 0 aliphatic rings. The lowest BCUT2D eigenvalue weighted by Crippen LogP contribution is -2.18. The summed E-state index contributed by atoms with van der Waals surface area (Å²) in [6.07, 6.45) is 0. The molecular formula is C16H20ClFN2O3S. The highest BCUT2D eigenvalue weighted by Gasteiger charge is 2.13. The van der Waals surface area contributed by atoms with Crippen LogP contribution >= 0.6 is 23.7 Å². The van der Waals surface area contributed by atoms with Gasteiger partial charge in [-0.3, -0.25) is 4.79 Å². The summed E-state index contributed by atoms with van der Waals surface area (Å²) in [5.74, 6) is -0.131. The second-order valence-electron chi connectivity index (χ2n) is 4.89. The van der Waals surface area contributed by atoms with Crippen LogP contribution in [0, 0.1) is 12.7 Å². The maximum atomic E-state index is 14.1. The molecule has 5 nitrogen and oxygen atoms in total. The predicted octanol–water partition coefficient (Wildman–Crippen LogP) is 3.24. The number of benzene rings is 1. The van der Waals surface area contributed by atoms with Crippen molar-refractivity contribution in [1.29, 1.82) is 0 Å². The van der Waals surface area contributed by atoms with E-state index in [4.69, 9.17) is 4.74 Å². The number of aliphatic hydroxyl groups is 1. The number of halogens is 2. The van der Waals surface area contributed by atoms with E-state index in [-0.39, 0.29) is 30.5 Å². The number of thiazole rings is 1. The fraction of sp³-hybridized carbons (Fsp3) is 0.375. The van der Waals surface area contributed by atoms with Gasteiger partial charge in [-0.1, -0.05) is 11.3 Å². The molecule has 0 spiro atoms. The number of hydrogen-bond acceptors (Lipinski definition) is 5. The van der Waals surface area contributed by atoms with Crippen LogP contribution in [0.3, 0.4) is 0 Å². The molecule has 1 aromatic heterocycles. The molecule has 0 unspecified atom stereocenters. The smallest absolute Gasteiger partial charge is 0.190 e. The quantitative estimate of drug-likeness (QED) is 0.789. The molecule has 2 rings (SSSR count). The Balaban J connectivity index is 0.00000288. The molecule has 0 aliphatic heterocycles. The molecule has 0 amide bonds. The van der Waals surface area contributed by atoms with Gasteiger partial charge in [-0.2, -0.15) is 0 Å². The van der Waals surface area contributed by atoms with Crippen molar-refractivity contribution in [2.75, 3.05) is 13.2 Å². The van der Waals surface area contributed by atoms with Crippen LogP contribution in [-0.2, 0) is 6.54 Å². The molecule has 24 heavy (non-hydrogen) atoms. The summed E-state index contributed by atoms with van der Waals surface area (Å²) in [5, 5.41) is 9.20. The Morgan fingerprint density at radius 3 is 2.71 bits per heavy atom. The van der Waals surface area contributed by atoms with Gasteiger partial charge < -0.3 is 14.4 Å². The summed E-state index contributed by atoms with van der Waals surface area (Å²) in [5.41, 5.74) is 0.887. The average Bonchev–Trinajstić information content (AvgIpc) is 2.80. The molecule has 1 N–H and O–H groups in total. The largest absolute Gasteiger partial charge is 0.494 e. The van der Waals surface area contributed by atoms with Gasteiger partial charge in [0.25, 0.3) is 0 Å². The molecule has 1 aromatic carbocycles. The molecule has 2 aromatic rings. The molecule has 0 atom stereocenters. The first-order valence-corrected chi connectivity index (χ1v) is 8.08. The van der Waals surface area contributed by atoms with Gasteiger partial charge in [0, 0.05) is 25.2 Å². The van der Waals surface area contributed by atoms with Crippen LogP contribution in [0.1, 0.15) is 29.2 Å². The van der Waals surface area contributed by atoms with Gasteiger partial charge in [0.2, 0.25) is 0 Å². The molecule has 0 fully saturated rings. The fourth-order valence-electron chi connectivity index (χ4n) is 2.20. The monoisotopic (exact) mass is 374 g/mol. The van der Waals surface area contributed by atoms with Crippen molar-refractivity contribution in [3.05, 3.63) is 39.4 Å². The standard InChI is InChI=1S/C16H19FN2O3S.ClH/c1-4-22-12-5-6-14(13(17)9-12)18-16-19(7-8-20)10(2)15(23-16)11(3)21;/h5-6,9,20H,4,7-8H2,1-3H3;1H/b18-16-;. The minimum Gasteiger partial charge on any atom is -0.494 e. The first-order chi connectivity index (χ1) is 11.0. The number of hydrogen-bond donors (Lipinski definition) is 1. The van der Waals surface area contributed by atoms with Crippen LogP contribution in [0.25, 0.3) is 0 Å². The van der Waals surface area contributed by atoms with E-state index in [1.807, 2.05) is 6.92 Å². The normalized spacial score (nSPS) is 11.3. The summed E-state index contributed by atoms with van der Waals surface area (Å²) >= 11 is 1.19. The summed E-state index contributed by atoms with van der Waals surface area (Å²) in [4.78, 5) is 17.0. The predicted molar refractivity (Wildman–Crippen MR) is 94.2 cm³/mol. The van der Waals surface area contributed by atoms with Gasteiger partial charge in [0.1, 0.15) is 11.4 Å². The molecule has 1 heterocycles. The Morgan fingerprint density at radius 2 is 2.17 bits per heavy atom. The van der Waals surface area contributed by atoms with Crippen LogP contribution in [0.15, 0.2) is 23.2 Å². The zero-order valence-electron chi connectivity index (χ0n) is 13.7. The molecule has 0 bridgehead atoms. The zero-order valence-corrected chi connectivity index (χ0v) is 15.3. The number of carbonyl (C=O) groups is 1. The minimum atomic E-state index is -0.498. The van der Waals surface area contributed by atoms with E-state index in [2.05, 4.69) is 4.99 Å². The molecular weight excluding hydrogens is 355 g/mol. The third kappa shape index (κ3) is 4.43. The van der Waals surface area contributed by atoms with Crippen molar-refractivity contribution in [3.63, 3.8) is 0 Å². The minimum absolute atomic E-state index is 0. The van der Waals surface area contributed by atoms with Gasteiger partial charge in [0.05, 0.1) is 18.1 Å². The highest BCUT2D eigenvalue weighted by atomic mass is 35.5. The van der Waals surface area contributed by atoms with E-state index in [1.165, 1.54) is 30.4 Å². The fourth-order valence-corrected chi connectivity index (χ4v) is 3.26. The lowest BCUT2D eigenvalue weighted by atomic mass is 10.3. The zero-order chi connectivity index (χ0) is 17.0. The Morgan fingerprint density at radius 1 is 1.46 bits per heavy atom. The number of carbonyl (C=O) groups excluding carboxylic acids is 1. The van der Waals surface area contributed by atoms with Crippen molar-refractivity contribution in [3.8, 4) is 5.75 Å². The second-order valence-corrected chi connectivity index (χ2v) is 5.87. The lowest BCUT2D eigenvalue weighted by Gasteiger charge is -2.05. The number of aliphatic hydroxyl groups excluding tert-OH is 1. The average molecular weight is 375 g/mol. The van der Waals surface area contributed by atoms with Crippen LogP contribution in [0.2, 0.25) is 0 Å². The summed E-state index contributed by atoms with van der Waals surface area (Å²) < 4.78 is 21.1. The van der Waals surface area contributed by atoms with Gasteiger partial charge in [-0.05, 0) is 26.0 Å². The lowest BCUT2D eigenvalue weighted by molar-refractivity contribution is 0.102. The summed E-state index contributed by atoms with van der Waals surface area (Å²) in [7, 11) is 0. The first-order valence-electron chi connectivity index (χ1n) is 7.27. The number of ether oxygens (including phenoxy) is 1. The highest BCUT2D eigenvalue weighted by Crippen LogP contribution is 2.23. The number of nitrogens with zero attached hydrogens (tertiary/aromatic N) is 2. The maximum absolute atomic E-state index is 14.1. The second kappa shape index (κ2) is 8.96. The van der Waals surface area contributed by atoms with Crippen LogP contribution in [0.4, 0.5) is 10.1 Å². The van der Waals surface area contributed by atoms with E-state index in [0.717, 1.165) is 5.69 Å². The van der Waals surface area contributed by atoms with Crippen molar-refractivity contribution in [2.45, 2.75) is 27.3 Å². The number of ketones is 1. The van der Waals surface area contributed by atoms with Crippen LogP contribution < -0.4 is 9.54 Å². The van der Waals surface area contributed by atoms with Crippen molar-refractivity contribution in [1.82, 2.24) is 4.57 Å². The summed E-state index contributed by atoms with van der Waals surface area (Å²) in [6.45, 7) is 5.75. The Hall–Kier alpha value is -1.70. The van der Waals surface area contributed by atoms with Crippen LogP contribution in [0.5, 0.6) is 5.75 Å². The third-order valence-electron chi connectivity index (χ3n) is 3.25. The molecule has 8 heteroatoms. The number of rotatable bonds is 6. The molecule has 0 radical (unpaired) electrons. The SMILES string of the molecule is CCOc1ccc(/N=c2\sc(C(C)=O)c(C)n2CCO)c(F)c1.Cl. The molecule has 132 valence electrons. The van der Waals surface area contributed by atoms with Gasteiger partial charge in [0.15, 0.2) is 16.4 Å². The molecule has 0 aliphatic carbocycles. The Kier molecular flexibility index (Phi) is 7.59. The molecule has 0 saturated carbocycles. The summed E-state index contributed by atoms with van der Waals surface area (Å²) in [6, 6.07) is 4.46. The number of aromatic nitrogens is 1. The third-order valence-corrected chi connectivity index (χ3v) is 4.53. The Labute approximate surface area is 149 Å². The first kappa shape index (κ1) is 20.3. The van der Waals surface area contributed by atoms with E-state index in [1.54, 1.807) is 17.6 Å². The van der Waals surface area contributed by atoms with Crippen LogP contribution in [-0.4, -0.2) is 28.7 Å². The highest BCUT2D eigenvalue weighted by molar-refractivity contribution is 7.11. The topological polar surface area (TPSA) is 63.8 Å². The van der Waals surface area contributed by atoms with Gasteiger partial charge in [-0.15, -0.1) is 12.4 Å². The van der Waals surface area contributed by atoms with Gasteiger partial charge in [-0.25, -0.2) is 9.38 Å². The molecule has 0 saturated heterocycles. The van der Waals surface area contributed by atoms with Crippen molar-refractivity contribution < 1.29 is 19.0 Å². The van der Waals surface area contributed by atoms with E-state index in [9.17, 15) is 14.3 Å². The van der Waals surface area contributed by atoms with E-state index >= 15 is 0 Å². The number of Topliss-reactive ketones (excluding diaryl/α,β-unsaturated/α-hetero) is 1. The van der Waals surface area contributed by atoms with Crippen molar-refractivity contribution >= 4 is 35.2 Å². The van der Waals surface area contributed by atoms with E-state index in [0.29, 0.717) is 28.6 Å². The van der Waals surface area contributed by atoms with E-state index < -0.39 is 5.82 Å². The van der Waals surface area contributed by atoms with Crippen molar-refractivity contribution in [2.24, 2.45) is 4.99 Å².